The van der Waals surface area contributed by atoms with Gasteiger partial charge in [0.15, 0.2) is 5.15 Å². The molecule has 0 aromatic carbocycles. The van der Waals surface area contributed by atoms with Gasteiger partial charge < -0.3 is 4.74 Å². The highest BCUT2D eigenvalue weighted by molar-refractivity contribution is 8.00. The SMILES string of the molecule is CCOC(=O)CSc1nccnc1Cl. The van der Waals surface area contributed by atoms with Crippen LogP contribution in [0.15, 0.2) is 17.4 Å². The first-order valence-corrected chi connectivity index (χ1v) is 5.35. The zero-order chi connectivity index (χ0) is 10.4. The van der Waals surface area contributed by atoms with E-state index in [1.165, 1.54) is 24.2 Å². The van der Waals surface area contributed by atoms with Gasteiger partial charge in [-0.3, -0.25) is 4.79 Å². The molecule has 4 nitrogen and oxygen atoms in total. The summed E-state index contributed by atoms with van der Waals surface area (Å²) in [6, 6.07) is 0. The summed E-state index contributed by atoms with van der Waals surface area (Å²) in [5.74, 6) is -0.0779. The van der Waals surface area contributed by atoms with Gasteiger partial charge in [0.05, 0.1) is 12.4 Å². The van der Waals surface area contributed by atoms with Gasteiger partial charge in [-0.15, -0.1) is 0 Å². The van der Waals surface area contributed by atoms with Crippen molar-refractivity contribution in [2.24, 2.45) is 0 Å². The molecule has 0 bridgehead atoms. The molecule has 0 aliphatic carbocycles. The maximum absolute atomic E-state index is 11.0. The second kappa shape index (κ2) is 5.82. The van der Waals surface area contributed by atoms with Gasteiger partial charge in [-0.2, -0.15) is 0 Å². The highest BCUT2D eigenvalue weighted by Gasteiger charge is 2.07. The summed E-state index contributed by atoms with van der Waals surface area (Å²) >= 11 is 6.95. The lowest BCUT2D eigenvalue weighted by atomic mass is 10.7. The molecule has 1 heterocycles. The molecule has 14 heavy (non-hydrogen) atoms. The van der Waals surface area contributed by atoms with Crippen molar-refractivity contribution in [1.82, 2.24) is 9.97 Å². The molecule has 0 saturated heterocycles. The van der Waals surface area contributed by atoms with Crippen LogP contribution in [0, 0.1) is 0 Å². The molecule has 1 aromatic heterocycles. The van der Waals surface area contributed by atoms with Crippen LogP contribution < -0.4 is 0 Å². The van der Waals surface area contributed by atoms with Gasteiger partial charge in [0.25, 0.3) is 0 Å². The third-order valence-corrected chi connectivity index (χ3v) is 2.60. The normalized spacial score (nSPS) is 9.86. The predicted octanol–water partition coefficient (Wildman–Crippen LogP) is 1.79. The maximum atomic E-state index is 11.0. The van der Waals surface area contributed by atoms with Gasteiger partial charge in [0.2, 0.25) is 0 Å². The van der Waals surface area contributed by atoms with E-state index in [2.05, 4.69) is 9.97 Å². The number of ether oxygens (including phenoxy) is 1. The number of aromatic nitrogens is 2. The number of rotatable bonds is 4. The van der Waals surface area contributed by atoms with Crippen LogP contribution in [0.4, 0.5) is 0 Å². The average molecular weight is 233 g/mol. The molecule has 1 rings (SSSR count). The van der Waals surface area contributed by atoms with E-state index in [1.54, 1.807) is 6.92 Å². The Kier molecular flexibility index (Phi) is 4.69. The van der Waals surface area contributed by atoms with Crippen LogP contribution in [-0.2, 0) is 9.53 Å². The summed E-state index contributed by atoms with van der Waals surface area (Å²) in [4.78, 5) is 18.8. The summed E-state index contributed by atoms with van der Waals surface area (Å²) < 4.78 is 4.75. The second-order valence-electron chi connectivity index (χ2n) is 2.25. The van der Waals surface area contributed by atoms with E-state index in [0.29, 0.717) is 16.8 Å². The Morgan fingerprint density at radius 3 is 2.93 bits per heavy atom. The largest absolute Gasteiger partial charge is 0.465 e. The van der Waals surface area contributed by atoms with E-state index in [9.17, 15) is 4.79 Å². The van der Waals surface area contributed by atoms with E-state index in [1.807, 2.05) is 0 Å². The minimum absolute atomic E-state index is 0.201. The monoisotopic (exact) mass is 232 g/mol. The molecule has 0 aliphatic heterocycles. The number of thioether (sulfide) groups is 1. The lowest BCUT2D eigenvalue weighted by Gasteiger charge is -2.01. The van der Waals surface area contributed by atoms with Gasteiger partial charge in [0, 0.05) is 12.4 Å². The van der Waals surface area contributed by atoms with Gasteiger partial charge in [-0.1, -0.05) is 23.4 Å². The topological polar surface area (TPSA) is 52.1 Å². The highest BCUT2D eigenvalue weighted by atomic mass is 35.5. The van der Waals surface area contributed by atoms with E-state index >= 15 is 0 Å². The van der Waals surface area contributed by atoms with Crippen molar-refractivity contribution in [3.8, 4) is 0 Å². The molecule has 76 valence electrons. The minimum atomic E-state index is -0.279. The molecule has 0 amide bonds. The van der Waals surface area contributed by atoms with Gasteiger partial charge >= 0.3 is 5.97 Å². The summed E-state index contributed by atoms with van der Waals surface area (Å²) in [6.45, 7) is 2.14. The van der Waals surface area contributed by atoms with E-state index in [4.69, 9.17) is 16.3 Å². The molecule has 0 N–H and O–H groups in total. The van der Waals surface area contributed by atoms with Crippen LogP contribution in [0.2, 0.25) is 5.15 Å². The fourth-order valence-electron chi connectivity index (χ4n) is 0.735. The van der Waals surface area contributed by atoms with Crippen molar-refractivity contribution in [3.63, 3.8) is 0 Å². The van der Waals surface area contributed by atoms with Crippen molar-refractivity contribution < 1.29 is 9.53 Å². The first-order valence-electron chi connectivity index (χ1n) is 3.99. The van der Waals surface area contributed by atoms with E-state index in [0.717, 1.165) is 0 Å². The third-order valence-electron chi connectivity index (χ3n) is 1.25. The lowest BCUT2D eigenvalue weighted by Crippen LogP contribution is -2.06. The summed E-state index contributed by atoms with van der Waals surface area (Å²) in [5, 5.41) is 0.851. The maximum Gasteiger partial charge on any atom is 0.316 e. The molecule has 0 unspecified atom stereocenters. The molecule has 0 radical (unpaired) electrons. The first-order chi connectivity index (χ1) is 6.74. The van der Waals surface area contributed by atoms with Crippen LogP contribution >= 0.6 is 23.4 Å². The fourth-order valence-corrected chi connectivity index (χ4v) is 1.65. The van der Waals surface area contributed by atoms with Crippen molar-refractivity contribution in [3.05, 3.63) is 17.5 Å². The van der Waals surface area contributed by atoms with Crippen molar-refractivity contribution in [2.75, 3.05) is 12.4 Å². The average Bonchev–Trinajstić information content (AvgIpc) is 2.17. The first kappa shape index (κ1) is 11.3. The van der Waals surface area contributed by atoms with Crippen LogP contribution in [-0.4, -0.2) is 28.3 Å². The van der Waals surface area contributed by atoms with Crippen molar-refractivity contribution >= 4 is 29.3 Å². The van der Waals surface area contributed by atoms with Crippen molar-refractivity contribution in [1.29, 1.82) is 0 Å². The number of hydrogen-bond acceptors (Lipinski definition) is 5. The van der Waals surface area contributed by atoms with Crippen LogP contribution in [0.3, 0.4) is 0 Å². The zero-order valence-corrected chi connectivity index (χ0v) is 9.14. The standard InChI is InChI=1S/C8H9ClN2O2S/c1-2-13-6(12)5-14-8-7(9)10-3-4-11-8/h3-4H,2,5H2,1H3. The van der Waals surface area contributed by atoms with Crippen LogP contribution in [0.1, 0.15) is 6.92 Å². The molecular weight excluding hydrogens is 224 g/mol. The molecule has 6 heteroatoms. The molecule has 0 saturated carbocycles. The number of hydrogen-bond donors (Lipinski definition) is 0. The predicted molar refractivity (Wildman–Crippen MR) is 54.4 cm³/mol. The summed E-state index contributed by atoms with van der Waals surface area (Å²) in [7, 11) is 0. The number of nitrogens with zero attached hydrogens (tertiary/aromatic N) is 2. The quantitative estimate of drug-likeness (QED) is 0.585. The van der Waals surface area contributed by atoms with Crippen LogP contribution in [0.25, 0.3) is 0 Å². The Balaban J connectivity index is 2.46. The Labute approximate surface area is 91.0 Å². The summed E-state index contributed by atoms with van der Waals surface area (Å²) in [6.07, 6.45) is 3.02. The third kappa shape index (κ3) is 3.51. The molecule has 0 atom stereocenters. The smallest absolute Gasteiger partial charge is 0.316 e. The van der Waals surface area contributed by atoms with Gasteiger partial charge in [-0.05, 0) is 6.92 Å². The Hall–Kier alpha value is -0.810. The Morgan fingerprint density at radius 1 is 1.57 bits per heavy atom. The molecular formula is C8H9ClN2O2S. The lowest BCUT2D eigenvalue weighted by molar-refractivity contribution is -0.139. The van der Waals surface area contributed by atoms with E-state index in [-0.39, 0.29) is 11.7 Å². The number of esters is 1. The fraction of sp³-hybridized carbons (Fsp3) is 0.375. The number of carbonyl (C=O) groups is 1. The molecule has 0 spiro atoms. The molecule has 0 fully saturated rings. The molecule has 0 aliphatic rings. The van der Waals surface area contributed by atoms with Gasteiger partial charge in [-0.25, -0.2) is 9.97 Å². The van der Waals surface area contributed by atoms with Gasteiger partial charge in [0.1, 0.15) is 5.03 Å². The second-order valence-corrected chi connectivity index (χ2v) is 3.57. The Bertz CT molecular complexity index is 322. The number of carbonyl (C=O) groups excluding carboxylic acids is 1. The molecule has 1 aromatic rings. The Morgan fingerprint density at radius 2 is 2.29 bits per heavy atom. The van der Waals surface area contributed by atoms with Crippen molar-refractivity contribution in [2.45, 2.75) is 11.9 Å². The summed E-state index contributed by atoms with van der Waals surface area (Å²) in [5.41, 5.74) is 0. The minimum Gasteiger partial charge on any atom is -0.465 e. The zero-order valence-electron chi connectivity index (χ0n) is 7.57. The van der Waals surface area contributed by atoms with E-state index < -0.39 is 0 Å². The van der Waals surface area contributed by atoms with Crippen LogP contribution in [0.5, 0.6) is 0 Å². The highest BCUT2D eigenvalue weighted by Crippen LogP contribution is 2.21. The number of halogens is 1.